The molecule has 0 aromatic rings. The van der Waals surface area contributed by atoms with Crippen LogP contribution < -0.4 is 0 Å². The first-order valence-corrected chi connectivity index (χ1v) is 4.69. The highest BCUT2D eigenvalue weighted by atomic mass is 79.9. The summed E-state index contributed by atoms with van der Waals surface area (Å²) in [6, 6.07) is 0. The molecule has 0 spiro atoms. The minimum Gasteiger partial charge on any atom is -0.376 e. The first-order valence-electron chi connectivity index (χ1n) is 3.77. The van der Waals surface area contributed by atoms with E-state index in [0.29, 0.717) is 13.2 Å². The summed E-state index contributed by atoms with van der Waals surface area (Å²) in [4.78, 5) is 13.7. The lowest BCUT2D eigenvalue weighted by Gasteiger charge is -2.09. The molecule has 0 aromatic heterocycles. The maximum absolute atomic E-state index is 9.69. The molecule has 0 saturated carbocycles. The summed E-state index contributed by atoms with van der Waals surface area (Å²) in [6.45, 7) is 2.92. The van der Waals surface area contributed by atoms with Crippen molar-refractivity contribution >= 4 is 15.9 Å². The van der Waals surface area contributed by atoms with Gasteiger partial charge in [-0.2, -0.15) is 0 Å². The summed E-state index contributed by atoms with van der Waals surface area (Å²) in [5, 5.41) is 8.67. The molecule has 0 rings (SSSR count). The van der Waals surface area contributed by atoms with Gasteiger partial charge in [0.05, 0.1) is 13.2 Å². The molecule has 0 radical (unpaired) electrons. The van der Waals surface area contributed by atoms with Crippen molar-refractivity contribution in [1.29, 1.82) is 0 Å². The van der Waals surface area contributed by atoms with Crippen LogP contribution in [0.1, 0.15) is 6.92 Å². The number of halogens is 1. The highest BCUT2D eigenvalue weighted by Crippen LogP contribution is 2.01. The van der Waals surface area contributed by atoms with E-state index in [1.54, 1.807) is 0 Å². The van der Waals surface area contributed by atoms with Gasteiger partial charge in [0.15, 0.2) is 0 Å². The van der Waals surface area contributed by atoms with Crippen LogP contribution in [0.2, 0.25) is 0 Å². The van der Waals surface area contributed by atoms with E-state index in [1.807, 2.05) is 6.92 Å². The molecule has 0 bridgehead atoms. The lowest BCUT2D eigenvalue weighted by molar-refractivity contribution is -0.758. The Morgan fingerprint density at radius 2 is 2.23 bits per heavy atom. The van der Waals surface area contributed by atoms with Crippen LogP contribution in [0.25, 0.3) is 0 Å². The summed E-state index contributed by atoms with van der Waals surface area (Å²) in [6.07, 6.45) is 0. The molecule has 7 heteroatoms. The maximum atomic E-state index is 9.69. The summed E-state index contributed by atoms with van der Waals surface area (Å²) in [7, 11) is 0. The first-order chi connectivity index (χ1) is 6.16. The van der Waals surface area contributed by atoms with Gasteiger partial charge >= 0.3 is 0 Å². The minimum absolute atomic E-state index is 0.0567. The van der Waals surface area contributed by atoms with Crippen LogP contribution in [0.4, 0.5) is 0 Å². The summed E-state index contributed by atoms with van der Waals surface area (Å²) in [5.41, 5.74) is 0. The SMILES string of the molecule is CCOC(Br)COCCO[N+](=O)[O-]. The summed E-state index contributed by atoms with van der Waals surface area (Å²) in [5.74, 6) is 0. The average molecular weight is 258 g/mol. The van der Waals surface area contributed by atoms with Crippen molar-refractivity contribution in [2.75, 3.05) is 26.4 Å². The van der Waals surface area contributed by atoms with Gasteiger partial charge in [-0.25, -0.2) is 0 Å². The molecule has 0 aliphatic carbocycles. The van der Waals surface area contributed by atoms with E-state index in [1.165, 1.54) is 0 Å². The highest BCUT2D eigenvalue weighted by molar-refractivity contribution is 9.09. The van der Waals surface area contributed by atoms with Crippen LogP contribution >= 0.6 is 15.9 Å². The van der Waals surface area contributed by atoms with Crippen LogP contribution in [0.15, 0.2) is 0 Å². The molecule has 0 fully saturated rings. The molecule has 1 unspecified atom stereocenters. The number of hydrogen-bond donors (Lipinski definition) is 0. The normalized spacial score (nSPS) is 12.5. The van der Waals surface area contributed by atoms with Crippen molar-refractivity contribution in [2.24, 2.45) is 0 Å². The Kier molecular flexibility index (Phi) is 7.96. The highest BCUT2D eigenvalue weighted by Gasteiger charge is 2.02. The monoisotopic (exact) mass is 257 g/mol. The van der Waals surface area contributed by atoms with Gasteiger partial charge in [0.25, 0.3) is 5.09 Å². The Morgan fingerprint density at radius 1 is 1.54 bits per heavy atom. The molecule has 0 N–H and O–H groups in total. The van der Waals surface area contributed by atoms with Crippen molar-refractivity contribution in [3.8, 4) is 0 Å². The molecule has 0 amide bonds. The lowest BCUT2D eigenvalue weighted by atomic mass is 10.7. The number of alkyl halides is 1. The zero-order valence-corrected chi connectivity index (χ0v) is 8.86. The Bertz CT molecular complexity index is 145. The van der Waals surface area contributed by atoms with Crippen LogP contribution in [0, 0.1) is 10.1 Å². The standard InChI is InChI=1S/C6H12BrNO5/c1-2-12-6(7)5-11-3-4-13-8(9)10/h6H,2-5H2,1H3. The van der Waals surface area contributed by atoms with Crippen molar-refractivity contribution in [3.63, 3.8) is 0 Å². The van der Waals surface area contributed by atoms with Crippen LogP contribution in [-0.2, 0) is 14.3 Å². The Labute approximate surface area is 84.4 Å². The van der Waals surface area contributed by atoms with E-state index in [2.05, 4.69) is 20.8 Å². The second-order valence-corrected chi connectivity index (χ2v) is 3.02. The molecule has 0 saturated heterocycles. The van der Waals surface area contributed by atoms with E-state index in [-0.39, 0.29) is 18.2 Å². The molecular weight excluding hydrogens is 246 g/mol. The van der Waals surface area contributed by atoms with Gasteiger partial charge in [-0.15, -0.1) is 10.1 Å². The van der Waals surface area contributed by atoms with Crippen molar-refractivity contribution in [1.82, 2.24) is 0 Å². The Balaban J connectivity index is 3.11. The van der Waals surface area contributed by atoms with Crippen molar-refractivity contribution in [3.05, 3.63) is 10.1 Å². The fourth-order valence-corrected chi connectivity index (χ4v) is 1.03. The summed E-state index contributed by atoms with van der Waals surface area (Å²) < 4.78 is 10.1. The van der Waals surface area contributed by atoms with Crippen LogP contribution in [0.5, 0.6) is 0 Å². The molecule has 1 atom stereocenters. The quantitative estimate of drug-likeness (QED) is 0.281. The maximum Gasteiger partial charge on any atom is 0.294 e. The van der Waals surface area contributed by atoms with Gasteiger partial charge < -0.3 is 14.3 Å². The summed E-state index contributed by atoms with van der Waals surface area (Å²) >= 11 is 3.20. The predicted octanol–water partition coefficient (Wildman–Crippen LogP) is 0.969. The first kappa shape index (κ1) is 12.6. The number of hydrogen-bond acceptors (Lipinski definition) is 5. The van der Waals surface area contributed by atoms with Crippen molar-refractivity contribution < 1.29 is 19.4 Å². The molecule has 78 valence electrons. The Hall–Kier alpha value is -0.400. The van der Waals surface area contributed by atoms with Gasteiger partial charge in [0.2, 0.25) is 0 Å². The molecule has 13 heavy (non-hydrogen) atoms. The Morgan fingerprint density at radius 3 is 2.77 bits per heavy atom. The largest absolute Gasteiger partial charge is 0.376 e. The third kappa shape index (κ3) is 9.51. The van der Waals surface area contributed by atoms with E-state index in [0.717, 1.165) is 0 Å². The second kappa shape index (κ2) is 8.21. The van der Waals surface area contributed by atoms with Gasteiger partial charge in [-0.3, -0.25) is 0 Å². The zero-order valence-electron chi connectivity index (χ0n) is 7.27. The third-order valence-electron chi connectivity index (χ3n) is 1.02. The molecular formula is C6H12BrNO5. The van der Waals surface area contributed by atoms with Gasteiger partial charge in [0, 0.05) is 6.61 Å². The van der Waals surface area contributed by atoms with Gasteiger partial charge in [-0.1, -0.05) is 15.9 Å². The number of nitrogens with zero attached hydrogens (tertiary/aromatic N) is 1. The van der Waals surface area contributed by atoms with E-state index in [4.69, 9.17) is 9.47 Å². The molecule has 0 heterocycles. The molecule has 0 aliphatic heterocycles. The molecule has 0 aliphatic rings. The van der Waals surface area contributed by atoms with Crippen LogP contribution in [0.3, 0.4) is 0 Å². The fraction of sp³-hybridized carbons (Fsp3) is 1.00. The van der Waals surface area contributed by atoms with E-state index in [9.17, 15) is 10.1 Å². The van der Waals surface area contributed by atoms with E-state index >= 15 is 0 Å². The topological polar surface area (TPSA) is 70.8 Å². The van der Waals surface area contributed by atoms with Gasteiger partial charge in [-0.05, 0) is 6.92 Å². The second-order valence-electron chi connectivity index (χ2n) is 2.00. The zero-order chi connectivity index (χ0) is 10.1. The van der Waals surface area contributed by atoms with Crippen molar-refractivity contribution in [2.45, 2.75) is 11.9 Å². The van der Waals surface area contributed by atoms with E-state index < -0.39 is 5.09 Å². The van der Waals surface area contributed by atoms with Gasteiger partial charge in [0.1, 0.15) is 11.6 Å². The van der Waals surface area contributed by atoms with Crippen LogP contribution in [-0.4, -0.2) is 36.5 Å². The predicted molar refractivity (Wildman–Crippen MR) is 48.1 cm³/mol. The third-order valence-corrected chi connectivity index (χ3v) is 1.55. The smallest absolute Gasteiger partial charge is 0.294 e. The minimum atomic E-state index is -0.850. The number of ether oxygens (including phenoxy) is 2. The number of rotatable bonds is 8. The molecule has 6 nitrogen and oxygen atoms in total. The fourth-order valence-electron chi connectivity index (χ4n) is 0.576. The average Bonchev–Trinajstić information content (AvgIpc) is 2.03. The molecule has 0 aromatic carbocycles. The lowest BCUT2D eigenvalue weighted by Crippen LogP contribution is -2.16.